The second-order valence-corrected chi connectivity index (χ2v) is 13.7. The number of rotatable bonds is 6. The Morgan fingerprint density at radius 1 is 1.05 bits per heavy atom. The monoisotopic (exact) mass is 569 g/mol. The Hall–Kier alpha value is -2.59. The fraction of sp³-hybridized carbons (Fsp3) is 0.433. The highest BCUT2D eigenvalue weighted by molar-refractivity contribution is 7.89. The maximum Gasteiger partial charge on any atom is 0.243 e. The van der Waals surface area contributed by atoms with Gasteiger partial charge in [-0.3, -0.25) is 9.69 Å². The first-order chi connectivity index (χ1) is 18.6. The molecule has 1 saturated heterocycles. The Morgan fingerprint density at radius 3 is 2.49 bits per heavy atom. The quantitative estimate of drug-likeness (QED) is 0.416. The van der Waals surface area contributed by atoms with Crippen LogP contribution in [0.5, 0.6) is 0 Å². The van der Waals surface area contributed by atoms with Gasteiger partial charge < -0.3 is 4.90 Å². The highest BCUT2D eigenvalue weighted by atomic mass is 32.2. The van der Waals surface area contributed by atoms with E-state index in [1.165, 1.54) is 16.5 Å². The summed E-state index contributed by atoms with van der Waals surface area (Å²) in [7, 11) is -3.67. The molecular weight excluding hydrogens is 533 g/mol. The SMILES string of the molecule is Cc1cc(C)c(S(=O)(=O)N2CCN(C(=O)CCN3CCc4sccc4[C@@H]3c3cccc(F)c3)C[C@@H]2C)c(C)c1. The molecule has 0 aliphatic carbocycles. The van der Waals surface area contributed by atoms with Crippen molar-refractivity contribution >= 4 is 27.3 Å². The molecular formula is C30H36FN3O3S2. The number of hydrogen-bond donors (Lipinski definition) is 0. The highest BCUT2D eigenvalue weighted by Gasteiger charge is 2.37. The van der Waals surface area contributed by atoms with Crippen LogP contribution in [-0.4, -0.2) is 67.2 Å². The van der Waals surface area contributed by atoms with E-state index in [9.17, 15) is 17.6 Å². The van der Waals surface area contributed by atoms with Gasteiger partial charge in [-0.2, -0.15) is 4.31 Å². The molecule has 0 bridgehead atoms. The van der Waals surface area contributed by atoms with Crippen LogP contribution in [-0.2, 0) is 21.2 Å². The van der Waals surface area contributed by atoms with Gasteiger partial charge in [0.2, 0.25) is 15.9 Å². The summed E-state index contributed by atoms with van der Waals surface area (Å²) in [6.45, 7) is 9.89. The van der Waals surface area contributed by atoms with E-state index in [0.717, 1.165) is 35.2 Å². The third-order valence-corrected chi connectivity index (χ3v) is 11.2. The van der Waals surface area contributed by atoms with Crippen molar-refractivity contribution in [1.29, 1.82) is 0 Å². The van der Waals surface area contributed by atoms with Crippen LogP contribution in [0.15, 0.2) is 52.7 Å². The number of benzene rings is 2. The summed E-state index contributed by atoms with van der Waals surface area (Å²) < 4.78 is 42.9. The molecule has 0 spiro atoms. The molecule has 208 valence electrons. The number of aryl methyl sites for hydroxylation is 3. The zero-order chi connectivity index (χ0) is 27.9. The number of nitrogens with zero attached hydrogens (tertiary/aromatic N) is 3. The molecule has 5 rings (SSSR count). The number of carbonyl (C=O) groups excluding carboxylic acids is 1. The second kappa shape index (κ2) is 11.1. The van der Waals surface area contributed by atoms with Crippen molar-refractivity contribution < 1.29 is 17.6 Å². The molecule has 0 radical (unpaired) electrons. The predicted molar refractivity (Wildman–Crippen MR) is 153 cm³/mol. The Bertz CT molecular complexity index is 1460. The summed E-state index contributed by atoms with van der Waals surface area (Å²) in [6.07, 6.45) is 1.25. The normalized spacial score (nSPS) is 20.7. The van der Waals surface area contributed by atoms with E-state index < -0.39 is 10.0 Å². The summed E-state index contributed by atoms with van der Waals surface area (Å²) in [5.74, 6) is -0.237. The van der Waals surface area contributed by atoms with E-state index in [1.807, 2.05) is 45.9 Å². The number of halogens is 1. The third kappa shape index (κ3) is 5.55. The summed E-state index contributed by atoms with van der Waals surface area (Å²) in [5.41, 5.74) is 4.63. The van der Waals surface area contributed by atoms with E-state index in [-0.39, 0.29) is 30.4 Å². The predicted octanol–water partition coefficient (Wildman–Crippen LogP) is 5.07. The van der Waals surface area contributed by atoms with Crippen molar-refractivity contribution in [2.45, 2.75) is 57.5 Å². The van der Waals surface area contributed by atoms with Gasteiger partial charge in [0.25, 0.3) is 0 Å². The van der Waals surface area contributed by atoms with Gasteiger partial charge >= 0.3 is 0 Å². The smallest absolute Gasteiger partial charge is 0.243 e. The fourth-order valence-corrected chi connectivity index (χ4v) is 9.22. The molecule has 0 unspecified atom stereocenters. The first kappa shape index (κ1) is 28.0. The number of piperazine rings is 1. The molecule has 1 fully saturated rings. The zero-order valence-corrected chi connectivity index (χ0v) is 24.6. The summed E-state index contributed by atoms with van der Waals surface area (Å²) in [5, 5.41) is 2.08. The van der Waals surface area contributed by atoms with Crippen LogP contribution in [0.3, 0.4) is 0 Å². The minimum absolute atomic E-state index is 0.0238. The minimum Gasteiger partial charge on any atom is -0.340 e. The van der Waals surface area contributed by atoms with Gasteiger partial charge in [0.15, 0.2) is 0 Å². The summed E-state index contributed by atoms with van der Waals surface area (Å²) in [6, 6.07) is 12.3. The molecule has 2 atom stereocenters. The van der Waals surface area contributed by atoms with Gasteiger partial charge in [-0.25, -0.2) is 12.8 Å². The molecule has 3 heterocycles. The average molecular weight is 570 g/mol. The zero-order valence-electron chi connectivity index (χ0n) is 23.0. The molecule has 1 amide bonds. The Morgan fingerprint density at radius 2 is 1.79 bits per heavy atom. The number of carbonyl (C=O) groups is 1. The number of hydrogen-bond acceptors (Lipinski definition) is 5. The van der Waals surface area contributed by atoms with Crippen LogP contribution in [0.4, 0.5) is 4.39 Å². The third-order valence-electron chi connectivity index (χ3n) is 7.93. The number of amides is 1. The molecule has 2 aliphatic rings. The maximum atomic E-state index is 14.1. The molecule has 0 saturated carbocycles. The lowest BCUT2D eigenvalue weighted by Gasteiger charge is -2.40. The van der Waals surface area contributed by atoms with E-state index in [0.29, 0.717) is 31.0 Å². The number of fused-ring (bicyclic) bond motifs is 1. The second-order valence-electron chi connectivity index (χ2n) is 10.8. The van der Waals surface area contributed by atoms with Crippen LogP contribution < -0.4 is 0 Å². The topological polar surface area (TPSA) is 60.9 Å². The van der Waals surface area contributed by atoms with Gasteiger partial charge in [-0.05, 0) is 79.9 Å². The van der Waals surface area contributed by atoms with Gasteiger partial charge in [0.1, 0.15) is 5.82 Å². The van der Waals surface area contributed by atoms with Gasteiger partial charge in [0.05, 0.1) is 10.9 Å². The summed E-state index contributed by atoms with van der Waals surface area (Å²) in [4.78, 5) is 19.1. The molecule has 39 heavy (non-hydrogen) atoms. The first-order valence-corrected chi connectivity index (χ1v) is 15.8. The molecule has 3 aromatic rings. The largest absolute Gasteiger partial charge is 0.340 e. The van der Waals surface area contributed by atoms with Gasteiger partial charge in [-0.1, -0.05) is 29.8 Å². The molecule has 0 N–H and O–H groups in total. The summed E-state index contributed by atoms with van der Waals surface area (Å²) >= 11 is 1.73. The van der Waals surface area contributed by atoms with Crippen molar-refractivity contribution in [2.24, 2.45) is 0 Å². The van der Waals surface area contributed by atoms with Gasteiger partial charge in [0, 0.05) is 50.1 Å². The lowest BCUT2D eigenvalue weighted by molar-refractivity contribution is -0.133. The standard InChI is InChI=1S/C30H36FN3O3S2/c1-20-16-21(2)30(22(3)17-20)39(36,37)34-14-13-33(19-23(34)4)28(35)9-12-32-11-8-27-26(10-15-38-27)29(32)24-6-5-7-25(31)18-24/h5-7,10,15-18,23,29H,8-9,11-14,19H2,1-4H3/t23-,29-/m0/s1. The van der Waals surface area contributed by atoms with Crippen LogP contribution in [0, 0.1) is 26.6 Å². The fourth-order valence-electron chi connectivity index (χ4n) is 6.29. The first-order valence-electron chi connectivity index (χ1n) is 13.5. The van der Waals surface area contributed by atoms with E-state index >= 15 is 0 Å². The Balaban J connectivity index is 1.26. The molecule has 2 aliphatic heterocycles. The number of sulfonamides is 1. The Kier molecular flexibility index (Phi) is 7.97. The van der Waals surface area contributed by atoms with Crippen molar-refractivity contribution in [2.75, 3.05) is 32.7 Å². The van der Waals surface area contributed by atoms with E-state index in [2.05, 4.69) is 16.3 Å². The van der Waals surface area contributed by atoms with Crippen molar-refractivity contribution in [1.82, 2.24) is 14.1 Å². The van der Waals surface area contributed by atoms with Crippen molar-refractivity contribution in [3.8, 4) is 0 Å². The molecule has 9 heteroatoms. The molecule has 1 aromatic heterocycles. The molecule has 2 aromatic carbocycles. The Labute approximate surface area is 235 Å². The van der Waals surface area contributed by atoms with Gasteiger partial charge in [-0.15, -0.1) is 11.3 Å². The van der Waals surface area contributed by atoms with Crippen LogP contribution in [0.2, 0.25) is 0 Å². The number of thiophene rings is 1. The average Bonchev–Trinajstić information content (AvgIpc) is 3.34. The lowest BCUT2D eigenvalue weighted by atomic mass is 9.93. The maximum absolute atomic E-state index is 14.1. The highest BCUT2D eigenvalue weighted by Crippen LogP contribution is 2.38. The van der Waals surface area contributed by atoms with E-state index in [4.69, 9.17) is 0 Å². The van der Waals surface area contributed by atoms with Crippen LogP contribution in [0.1, 0.15) is 52.1 Å². The van der Waals surface area contributed by atoms with Crippen molar-refractivity contribution in [3.05, 3.63) is 86.4 Å². The van der Waals surface area contributed by atoms with Crippen molar-refractivity contribution in [3.63, 3.8) is 0 Å². The lowest BCUT2D eigenvalue weighted by Crippen LogP contribution is -2.55. The minimum atomic E-state index is -3.67. The van der Waals surface area contributed by atoms with Crippen LogP contribution in [0.25, 0.3) is 0 Å². The molecule has 6 nitrogen and oxygen atoms in total. The van der Waals surface area contributed by atoms with Crippen LogP contribution >= 0.6 is 11.3 Å². The van der Waals surface area contributed by atoms with E-state index in [1.54, 1.807) is 32.7 Å².